The third kappa shape index (κ3) is 8.45. The predicted octanol–water partition coefficient (Wildman–Crippen LogP) is 4.04. The van der Waals surface area contributed by atoms with Gasteiger partial charge < -0.3 is 25.0 Å². The Labute approximate surface area is 316 Å². The maximum atomic E-state index is 14.4. The van der Waals surface area contributed by atoms with Crippen molar-refractivity contribution in [2.75, 3.05) is 13.2 Å². The molecule has 0 radical (unpaired) electrons. The van der Waals surface area contributed by atoms with Gasteiger partial charge in [0.25, 0.3) is 5.91 Å². The van der Waals surface area contributed by atoms with Gasteiger partial charge in [0.2, 0.25) is 21.8 Å². The van der Waals surface area contributed by atoms with E-state index in [1.165, 1.54) is 4.90 Å². The predicted molar refractivity (Wildman–Crippen MR) is 198 cm³/mol. The summed E-state index contributed by atoms with van der Waals surface area (Å²) in [6.45, 7) is 2.79. The summed E-state index contributed by atoms with van der Waals surface area (Å²) in [4.78, 5) is 72.1. The number of cyclic esters (lactones) is 1. The SMILES string of the molecule is C[C@@H]1CCC/C=C\c2cccc3c2CN(C3)C(=O)O[C@@H]2C[C@H]3C(=O)N[C@]4(C(=O)NS(=O)(=O)C5CC5)C[C@@H]4/C=C\CCCCC[C@H](NC(=O)OC1)C(=O)N3C2. The Morgan fingerprint density at radius 3 is 2.61 bits per heavy atom. The van der Waals surface area contributed by atoms with Crippen molar-refractivity contribution in [1.29, 1.82) is 0 Å². The Balaban J connectivity index is 1.17. The molecule has 3 N–H and O–H groups in total. The molecule has 7 rings (SSSR count). The summed E-state index contributed by atoms with van der Waals surface area (Å²) in [6.07, 6.45) is 12.6. The Hall–Kier alpha value is -4.40. The fraction of sp³-hybridized carbons (Fsp3) is 0.615. The average molecular weight is 766 g/mol. The van der Waals surface area contributed by atoms with E-state index in [-0.39, 0.29) is 31.9 Å². The first-order chi connectivity index (χ1) is 25.9. The summed E-state index contributed by atoms with van der Waals surface area (Å²) < 4.78 is 39.4. The van der Waals surface area contributed by atoms with Crippen molar-refractivity contribution in [3.8, 4) is 0 Å². The van der Waals surface area contributed by atoms with Crippen LogP contribution in [0, 0.1) is 11.8 Å². The molecule has 2 aliphatic carbocycles. The maximum absolute atomic E-state index is 14.4. The van der Waals surface area contributed by atoms with Crippen molar-refractivity contribution in [2.24, 2.45) is 11.8 Å². The van der Waals surface area contributed by atoms with E-state index in [4.69, 9.17) is 9.47 Å². The van der Waals surface area contributed by atoms with E-state index < -0.39 is 74.8 Å². The van der Waals surface area contributed by atoms with Crippen molar-refractivity contribution >= 4 is 46.0 Å². The highest BCUT2D eigenvalue weighted by Gasteiger charge is 2.62. The molecular weight excluding hydrogens is 715 g/mol. The standard InChI is InChI=1S/C39H51N5O9S/c1-25-11-6-5-7-12-26-13-10-14-27-21-43(23-31(26)27)38(49)53-29-19-33-34(45)41-39(36(47)42-54(50,51)30-17-18-30)20-28(39)15-8-3-2-4-9-16-32(35(46)44(33)22-29)40-37(48)52-24-25/h7-8,10,12-15,25,28-30,32-33H,2-6,9,11,16-24H2,1H3,(H,40,48)(H,41,45)(H,42,47)/b12-7-,15-8-/t25-,28+,29-,32+,33+,39-/m1/s1. The first-order valence-electron chi connectivity index (χ1n) is 19.4. The van der Waals surface area contributed by atoms with Gasteiger partial charge in [-0.15, -0.1) is 0 Å². The normalized spacial score (nSPS) is 32.4. The lowest BCUT2D eigenvalue weighted by molar-refractivity contribution is -0.141. The molecule has 3 fully saturated rings. The van der Waals surface area contributed by atoms with Gasteiger partial charge >= 0.3 is 12.2 Å². The molecular formula is C39H51N5O9S. The van der Waals surface area contributed by atoms with Crippen molar-refractivity contribution < 1.29 is 41.9 Å². The quantitative estimate of drug-likeness (QED) is 0.383. The Morgan fingerprint density at radius 1 is 0.981 bits per heavy atom. The minimum Gasteiger partial charge on any atom is -0.449 e. The van der Waals surface area contributed by atoms with Crippen molar-refractivity contribution in [3.05, 3.63) is 53.1 Å². The van der Waals surface area contributed by atoms with Gasteiger partial charge in [-0.2, -0.15) is 0 Å². The number of benzene rings is 1. The van der Waals surface area contributed by atoms with Crippen LogP contribution in [0.4, 0.5) is 9.59 Å². The molecule has 292 valence electrons. The largest absolute Gasteiger partial charge is 0.449 e. The zero-order valence-electron chi connectivity index (χ0n) is 30.8. The van der Waals surface area contributed by atoms with E-state index in [0.29, 0.717) is 45.2 Å². The molecule has 1 aromatic rings. The fourth-order valence-corrected chi connectivity index (χ4v) is 9.44. The molecule has 0 aromatic heterocycles. The molecule has 0 unspecified atom stereocenters. The topological polar surface area (TPSA) is 181 Å². The second-order valence-corrected chi connectivity index (χ2v) is 17.8. The second-order valence-electron chi connectivity index (χ2n) is 15.8. The lowest BCUT2D eigenvalue weighted by atomic mass is 10.0. The molecule has 14 nitrogen and oxygen atoms in total. The number of hydrogen-bond acceptors (Lipinski definition) is 9. The highest BCUT2D eigenvalue weighted by molar-refractivity contribution is 7.91. The first-order valence-corrected chi connectivity index (χ1v) is 21.0. The van der Waals surface area contributed by atoms with E-state index in [1.807, 2.05) is 37.3 Å². The van der Waals surface area contributed by atoms with Gasteiger partial charge in [-0.1, -0.05) is 62.3 Å². The number of alkyl carbamates (subject to hydrolysis) is 1. The molecule has 4 heterocycles. The molecule has 0 spiro atoms. The number of nitrogens with zero attached hydrogens (tertiary/aromatic N) is 2. The number of carbonyl (C=O) groups is 5. The minimum atomic E-state index is -3.90. The lowest BCUT2D eigenvalue weighted by Crippen LogP contribution is -2.58. The highest BCUT2D eigenvalue weighted by Crippen LogP contribution is 2.46. The van der Waals surface area contributed by atoms with Crippen LogP contribution in [0.2, 0.25) is 0 Å². The van der Waals surface area contributed by atoms with Gasteiger partial charge in [0.1, 0.15) is 23.7 Å². The minimum absolute atomic E-state index is 0.0502. The van der Waals surface area contributed by atoms with Crippen LogP contribution in [0.15, 0.2) is 36.4 Å². The van der Waals surface area contributed by atoms with Crippen molar-refractivity contribution in [1.82, 2.24) is 25.2 Å². The molecule has 1 saturated heterocycles. The van der Waals surface area contributed by atoms with E-state index >= 15 is 0 Å². The zero-order chi connectivity index (χ0) is 38.0. The number of ether oxygens (including phenoxy) is 2. The van der Waals surface area contributed by atoms with Crippen molar-refractivity contribution in [2.45, 2.75) is 126 Å². The summed E-state index contributed by atoms with van der Waals surface area (Å²) in [5.74, 6) is -2.34. The number of hydrogen-bond donors (Lipinski definition) is 3. The third-order valence-electron chi connectivity index (χ3n) is 11.5. The van der Waals surface area contributed by atoms with Crippen LogP contribution < -0.4 is 15.4 Å². The van der Waals surface area contributed by atoms with Crippen LogP contribution in [0.5, 0.6) is 0 Å². The Bertz CT molecular complexity index is 1830. The van der Waals surface area contributed by atoms with Gasteiger partial charge in [-0.05, 0) is 80.4 Å². The van der Waals surface area contributed by atoms with Gasteiger partial charge in [-0.25, -0.2) is 18.0 Å². The summed E-state index contributed by atoms with van der Waals surface area (Å²) in [5, 5.41) is 4.96. The second kappa shape index (κ2) is 15.8. The van der Waals surface area contributed by atoms with E-state index in [2.05, 4.69) is 27.5 Å². The molecule has 4 aliphatic heterocycles. The van der Waals surface area contributed by atoms with Crippen LogP contribution >= 0.6 is 0 Å². The summed E-state index contributed by atoms with van der Waals surface area (Å²) in [5.41, 5.74) is 1.57. The number of amides is 5. The van der Waals surface area contributed by atoms with Gasteiger partial charge in [0.05, 0.1) is 24.9 Å². The Morgan fingerprint density at radius 2 is 1.80 bits per heavy atom. The monoisotopic (exact) mass is 765 g/mol. The summed E-state index contributed by atoms with van der Waals surface area (Å²) in [7, 11) is -3.90. The fourth-order valence-electron chi connectivity index (χ4n) is 8.08. The molecule has 5 bridgehead atoms. The number of rotatable bonds is 3. The highest BCUT2D eigenvalue weighted by atomic mass is 32.2. The Kier molecular flexibility index (Phi) is 11.1. The number of allylic oxidation sites excluding steroid dienone is 2. The molecule has 5 amide bonds. The van der Waals surface area contributed by atoms with Crippen LogP contribution in [0.1, 0.15) is 101 Å². The van der Waals surface area contributed by atoms with E-state index in [1.54, 1.807) is 4.90 Å². The lowest BCUT2D eigenvalue weighted by Gasteiger charge is -2.29. The smallest absolute Gasteiger partial charge is 0.410 e. The third-order valence-corrected chi connectivity index (χ3v) is 13.4. The van der Waals surface area contributed by atoms with Crippen LogP contribution in [-0.4, -0.2) is 90.3 Å². The summed E-state index contributed by atoms with van der Waals surface area (Å²) in [6, 6.07) is 3.80. The van der Waals surface area contributed by atoms with Gasteiger partial charge in [0, 0.05) is 18.9 Å². The molecule has 54 heavy (non-hydrogen) atoms. The van der Waals surface area contributed by atoms with Crippen LogP contribution in [0.3, 0.4) is 0 Å². The molecule has 6 aliphatic rings. The van der Waals surface area contributed by atoms with Gasteiger partial charge in [0.15, 0.2) is 0 Å². The molecule has 1 aromatic carbocycles. The van der Waals surface area contributed by atoms with E-state index in [9.17, 15) is 32.4 Å². The maximum Gasteiger partial charge on any atom is 0.410 e. The number of nitrogens with one attached hydrogen (secondary N) is 3. The molecule has 15 heteroatoms. The molecule has 6 atom stereocenters. The van der Waals surface area contributed by atoms with Crippen molar-refractivity contribution in [3.63, 3.8) is 0 Å². The van der Waals surface area contributed by atoms with E-state index in [0.717, 1.165) is 48.8 Å². The number of carbonyl (C=O) groups excluding carboxylic acids is 5. The number of sulfonamides is 1. The first kappa shape index (κ1) is 37.9. The van der Waals surface area contributed by atoms with Gasteiger partial charge in [-0.3, -0.25) is 24.0 Å². The molecule has 2 saturated carbocycles. The summed E-state index contributed by atoms with van der Waals surface area (Å²) >= 11 is 0. The van der Waals surface area contributed by atoms with Crippen LogP contribution in [-0.2, 0) is 47.0 Å². The number of fused-ring (bicyclic) bond motifs is 4. The van der Waals surface area contributed by atoms with Crippen LogP contribution in [0.25, 0.3) is 6.08 Å². The average Bonchev–Trinajstić information content (AvgIpc) is 4.02. The zero-order valence-corrected chi connectivity index (χ0v) is 31.6.